The van der Waals surface area contributed by atoms with Gasteiger partial charge in [0.1, 0.15) is 5.52 Å². The number of aromatic nitrogens is 3. The summed E-state index contributed by atoms with van der Waals surface area (Å²) in [4.78, 5) is 29.6. The normalized spacial score (nSPS) is 10.5. The molecule has 0 aliphatic carbocycles. The number of hydrogen-bond donors (Lipinski definition) is 1. The molecule has 0 aliphatic heterocycles. The van der Waals surface area contributed by atoms with Crippen molar-refractivity contribution in [2.45, 2.75) is 0 Å². The molecule has 0 saturated carbocycles. The van der Waals surface area contributed by atoms with Crippen molar-refractivity contribution in [2.24, 2.45) is 7.05 Å². The first-order chi connectivity index (χ1) is 7.09. The molecule has 6 nitrogen and oxygen atoms in total. The number of carboxylic acid groups (broad SMARTS) is 1. The fourth-order valence-corrected chi connectivity index (χ4v) is 1.22. The van der Waals surface area contributed by atoms with Crippen LogP contribution in [-0.4, -0.2) is 25.6 Å². The van der Waals surface area contributed by atoms with Gasteiger partial charge in [0.25, 0.3) is 5.56 Å². The van der Waals surface area contributed by atoms with Gasteiger partial charge in [0.05, 0.1) is 6.20 Å². The minimum Gasteiger partial charge on any atom is -0.477 e. The second kappa shape index (κ2) is 3.16. The van der Waals surface area contributed by atoms with E-state index in [0.29, 0.717) is 5.52 Å². The van der Waals surface area contributed by atoms with Crippen molar-refractivity contribution >= 4 is 17.1 Å². The van der Waals surface area contributed by atoms with E-state index < -0.39 is 5.97 Å². The molecule has 6 heteroatoms. The number of pyridine rings is 1. The number of nitrogens with zero attached hydrogens (tertiary/aromatic N) is 3. The highest BCUT2D eigenvalue weighted by atomic mass is 16.4. The van der Waals surface area contributed by atoms with Gasteiger partial charge in [-0.1, -0.05) is 0 Å². The maximum atomic E-state index is 11.2. The molecule has 76 valence electrons. The Kier molecular flexibility index (Phi) is 1.96. The summed E-state index contributed by atoms with van der Waals surface area (Å²) in [5, 5.41) is 8.73. The fourth-order valence-electron chi connectivity index (χ4n) is 1.22. The highest BCUT2D eigenvalue weighted by Crippen LogP contribution is 2.06. The van der Waals surface area contributed by atoms with Crippen LogP contribution >= 0.6 is 0 Å². The van der Waals surface area contributed by atoms with Gasteiger partial charge in [-0.15, -0.1) is 0 Å². The molecule has 1 N–H and O–H groups in total. The molecule has 2 rings (SSSR count). The van der Waals surface area contributed by atoms with Crippen molar-refractivity contribution in [1.82, 2.24) is 14.5 Å². The molecule has 0 aliphatic rings. The number of aromatic carboxylic acids is 1. The first kappa shape index (κ1) is 9.32. The smallest absolute Gasteiger partial charge is 0.354 e. The van der Waals surface area contributed by atoms with Gasteiger partial charge in [0.15, 0.2) is 11.3 Å². The molecule has 0 saturated heterocycles. The van der Waals surface area contributed by atoms with Crippen LogP contribution in [0, 0.1) is 0 Å². The van der Waals surface area contributed by atoms with Crippen LogP contribution in [0.5, 0.6) is 0 Å². The second-order valence-corrected chi connectivity index (χ2v) is 3.00. The average molecular weight is 205 g/mol. The predicted molar refractivity (Wildman–Crippen MR) is 51.7 cm³/mol. The lowest BCUT2D eigenvalue weighted by atomic mass is 10.3. The van der Waals surface area contributed by atoms with E-state index in [1.807, 2.05) is 0 Å². The Balaban J connectivity index is 2.85. The van der Waals surface area contributed by atoms with Gasteiger partial charge in [0.2, 0.25) is 0 Å². The number of carbonyl (C=O) groups is 1. The Morgan fingerprint density at radius 2 is 2.20 bits per heavy atom. The van der Waals surface area contributed by atoms with Gasteiger partial charge in [-0.2, -0.15) is 0 Å². The molecule has 0 fully saturated rings. The van der Waals surface area contributed by atoms with Crippen LogP contribution < -0.4 is 5.56 Å². The molecule has 2 aromatic heterocycles. The third kappa shape index (κ3) is 1.45. The van der Waals surface area contributed by atoms with E-state index >= 15 is 0 Å². The average Bonchev–Trinajstić information content (AvgIpc) is 2.23. The Morgan fingerprint density at radius 1 is 1.47 bits per heavy atom. The lowest BCUT2D eigenvalue weighted by Crippen LogP contribution is -2.18. The minimum absolute atomic E-state index is 0.106. The maximum absolute atomic E-state index is 11.2. The zero-order chi connectivity index (χ0) is 11.0. The van der Waals surface area contributed by atoms with Crippen molar-refractivity contribution in [1.29, 1.82) is 0 Å². The summed E-state index contributed by atoms with van der Waals surface area (Å²) in [7, 11) is 1.52. The van der Waals surface area contributed by atoms with Crippen LogP contribution in [0.15, 0.2) is 23.1 Å². The van der Waals surface area contributed by atoms with Crippen LogP contribution in [-0.2, 0) is 7.05 Å². The number of hydrogen-bond acceptors (Lipinski definition) is 4. The third-order valence-electron chi connectivity index (χ3n) is 2.04. The van der Waals surface area contributed by atoms with E-state index in [2.05, 4.69) is 9.97 Å². The topological polar surface area (TPSA) is 85.1 Å². The first-order valence-corrected chi connectivity index (χ1v) is 4.15. The van der Waals surface area contributed by atoms with Crippen molar-refractivity contribution in [3.05, 3.63) is 34.4 Å². The van der Waals surface area contributed by atoms with Crippen molar-refractivity contribution in [2.75, 3.05) is 0 Å². The van der Waals surface area contributed by atoms with Gasteiger partial charge in [-0.3, -0.25) is 9.36 Å². The van der Waals surface area contributed by atoms with E-state index in [9.17, 15) is 9.59 Å². The SMILES string of the molecule is Cn1c(=O)cnc2ccc(C(=O)O)nc21. The van der Waals surface area contributed by atoms with Crippen LogP contribution in [0.3, 0.4) is 0 Å². The number of rotatable bonds is 1. The number of carboxylic acids is 1. The summed E-state index contributed by atoms with van der Waals surface area (Å²) in [5.41, 5.74) is 0.326. The molecule has 0 atom stereocenters. The number of aryl methyl sites for hydroxylation is 1. The maximum Gasteiger partial charge on any atom is 0.354 e. The van der Waals surface area contributed by atoms with Crippen molar-refractivity contribution < 1.29 is 9.90 Å². The molecule has 0 amide bonds. The summed E-state index contributed by atoms with van der Waals surface area (Å²) in [6.07, 6.45) is 1.17. The largest absolute Gasteiger partial charge is 0.477 e. The zero-order valence-electron chi connectivity index (χ0n) is 7.84. The summed E-state index contributed by atoms with van der Waals surface area (Å²) >= 11 is 0. The minimum atomic E-state index is -1.13. The fraction of sp³-hybridized carbons (Fsp3) is 0.111. The van der Waals surface area contributed by atoms with E-state index in [0.717, 1.165) is 0 Å². The third-order valence-corrected chi connectivity index (χ3v) is 2.04. The molecule has 0 bridgehead atoms. The summed E-state index contributed by atoms with van der Waals surface area (Å²) in [6.45, 7) is 0. The van der Waals surface area contributed by atoms with Gasteiger partial charge in [-0.25, -0.2) is 14.8 Å². The van der Waals surface area contributed by atoms with Crippen molar-refractivity contribution in [3.63, 3.8) is 0 Å². The van der Waals surface area contributed by atoms with E-state index in [-0.39, 0.29) is 16.9 Å². The lowest BCUT2D eigenvalue weighted by molar-refractivity contribution is 0.0691. The molecule has 0 unspecified atom stereocenters. The highest BCUT2D eigenvalue weighted by molar-refractivity contribution is 5.87. The Labute approximate surface area is 83.8 Å². The van der Waals surface area contributed by atoms with Gasteiger partial charge in [0, 0.05) is 7.05 Å². The van der Waals surface area contributed by atoms with Gasteiger partial charge >= 0.3 is 5.97 Å². The quantitative estimate of drug-likeness (QED) is 0.709. The molecule has 2 aromatic rings. The summed E-state index contributed by atoms with van der Waals surface area (Å²) < 4.78 is 1.26. The van der Waals surface area contributed by atoms with Crippen LogP contribution in [0.4, 0.5) is 0 Å². The zero-order valence-corrected chi connectivity index (χ0v) is 7.84. The van der Waals surface area contributed by atoms with Crippen LogP contribution in [0.1, 0.15) is 10.5 Å². The van der Waals surface area contributed by atoms with E-state index in [1.165, 1.54) is 29.9 Å². The summed E-state index contributed by atoms with van der Waals surface area (Å²) in [6, 6.07) is 2.87. The van der Waals surface area contributed by atoms with E-state index in [1.54, 1.807) is 0 Å². The predicted octanol–water partition coefficient (Wildman–Crippen LogP) is 0.0267. The Bertz CT molecular complexity index is 603. The van der Waals surface area contributed by atoms with Gasteiger partial charge < -0.3 is 5.11 Å². The molecular formula is C9H7N3O3. The van der Waals surface area contributed by atoms with E-state index in [4.69, 9.17) is 5.11 Å². The molecule has 15 heavy (non-hydrogen) atoms. The van der Waals surface area contributed by atoms with Crippen LogP contribution in [0.2, 0.25) is 0 Å². The monoisotopic (exact) mass is 205 g/mol. The molecule has 0 radical (unpaired) electrons. The molecule has 0 spiro atoms. The second-order valence-electron chi connectivity index (χ2n) is 3.00. The standard InChI is InChI=1S/C9H7N3O3/c1-12-7(13)4-10-5-2-3-6(9(14)15)11-8(5)12/h2-4H,1H3,(H,14,15). The van der Waals surface area contributed by atoms with Gasteiger partial charge in [-0.05, 0) is 12.1 Å². The van der Waals surface area contributed by atoms with Crippen LogP contribution in [0.25, 0.3) is 11.2 Å². The molecule has 2 heterocycles. The molecular weight excluding hydrogens is 198 g/mol. The highest BCUT2D eigenvalue weighted by Gasteiger charge is 2.08. The summed E-state index contributed by atoms with van der Waals surface area (Å²) in [5.74, 6) is -1.13. The van der Waals surface area contributed by atoms with Crippen molar-refractivity contribution in [3.8, 4) is 0 Å². The number of fused-ring (bicyclic) bond motifs is 1. The first-order valence-electron chi connectivity index (χ1n) is 4.15. The Hall–Kier alpha value is -2.24. The Morgan fingerprint density at radius 3 is 2.87 bits per heavy atom. The lowest BCUT2D eigenvalue weighted by Gasteiger charge is -2.02. The molecule has 0 aromatic carbocycles.